The van der Waals surface area contributed by atoms with Gasteiger partial charge in [-0.1, -0.05) is 5.16 Å². The molecule has 1 N–H and O–H groups in total. The molecule has 3 atom stereocenters. The second-order valence-electron chi connectivity index (χ2n) is 6.08. The van der Waals surface area contributed by atoms with Gasteiger partial charge in [-0.15, -0.1) is 0 Å². The van der Waals surface area contributed by atoms with Crippen molar-refractivity contribution in [2.24, 2.45) is 5.92 Å². The highest BCUT2D eigenvalue weighted by Crippen LogP contribution is 2.39. The van der Waals surface area contributed by atoms with E-state index in [-0.39, 0.29) is 12.1 Å². The first-order valence-corrected chi connectivity index (χ1v) is 7.40. The van der Waals surface area contributed by atoms with Crippen molar-refractivity contribution < 1.29 is 9.63 Å². The maximum absolute atomic E-state index is 9.75. The van der Waals surface area contributed by atoms with Crippen LogP contribution in [0.15, 0.2) is 4.52 Å². The monoisotopic (exact) mass is 265 g/mol. The van der Waals surface area contributed by atoms with Crippen LogP contribution in [-0.4, -0.2) is 39.3 Å². The number of rotatable bonds is 4. The van der Waals surface area contributed by atoms with Crippen LogP contribution in [-0.2, 0) is 0 Å². The predicted octanol–water partition coefficient (Wildman–Crippen LogP) is 2.10. The zero-order chi connectivity index (χ0) is 13.4. The smallest absolute Gasteiger partial charge is 0.243 e. The van der Waals surface area contributed by atoms with Crippen LogP contribution in [0, 0.1) is 5.92 Å². The van der Waals surface area contributed by atoms with Gasteiger partial charge in [-0.05, 0) is 52.0 Å². The SMILES string of the molecule is CC(O)C1CCCN(C(C)c2nc(C3CC3)no2)C1. The van der Waals surface area contributed by atoms with Crippen LogP contribution in [0.25, 0.3) is 0 Å². The molecule has 1 aromatic heterocycles. The zero-order valence-corrected chi connectivity index (χ0v) is 11.7. The summed E-state index contributed by atoms with van der Waals surface area (Å²) in [5, 5.41) is 13.8. The second-order valence-corrected chi connectivity index (χ2v) is 6.08. The summed E-state index contributed by atoms with van der Waals surface area (Å²) in [6, 6.07) is 0.154. The van der Waals surface area contributed by atoms with Crippen molar-refractivity contribution in [3.8, 4) is 0 Å². The van der Waals surface area contributed by atoms with Gasteiger partial charge in [0.2, 0.25) is 5.89 Å². The van der Waals surface area contributed by atoms with Crippen LogP contribution in [0.3, 0.4) is 0 Å². The molecule has 0 amide bonds. The minimum atomic E-state index is -0.236. The molecule has 1 saturated heterocycles. The summed E-state index contributed by atoms with van der Waals surface area (Å²) >= 11 is 0. The maximum atomic E-state index is 9.75. The Morgan fingerprint density at radius 3 is 2.79 bits per heavy atom. The number of likely N-dealkylation sites (tertiary alicyclic amines) is 1. The molecule has 0 bridgehead atoms. The lowest BCUT2D eigenvalue weighted by Gasteiger charge is -2.36. The van der Waals surface area contributed by atoms with Gasteiger partial charge < -0.3 is 9.63 Å². The van der Waals surface area contributed by atoms with E-state index in [0.29, 0.717) is 11.8 Å². The van der Waals surface area contributed by atoms with Crippen LogP contribution in [0.1, 0.15) is 63.2 Å². The number of nitrogens with zero attached hydrogens (tertiary/aromatic N) is 3. The molecule has 1 saturated carbocycles. The molecule has 0 radical (unpaired) electrons. The topological polar surface area (TPSA) is 62.4 Å². The third kappa shape index (κ3) is 2.82. The van der Waals surface area contributed by atoms with Crippen LogP contribution in [0.2, 0.25) is 0 Å². The number of aromatic nitrogens is 2. The van der Waals surface area contributed by atoms with E-state index in [2.05, 4.69) is 22.0 Å². The van der Waals surface area contributed by atoms with E-state index in [1.807, 2.05) is 6.92 Å². The first-order valence-electron chi connectivity index (χ1n) is 7.40. The van der Waals surface area contributed by atoms with Gasteiger partial charge in [0.1, 0.15) is 0 Å². The summed E-state index contributed by atoms with van der Waals surface area (Å²) in [7, 11) is 0. The molecule has 2 fully saturated rings. The fourth-order valence-corrected chi connectivity index (χ4v) is 2.87. The number of aliphatic hydroxyl groups excluding tert-OH is 1. The van der Waals surface area contributed by atoms with E-state index in [1.54, 1.807) is 0 Å². The molecular weight excluding hydrogens is 242 g/mol. The Balaban J connectivity index is 1.66. The molecule has 5 nitrogen and oxygen atoms in total. The quantitative estimate of drug-likeness (QED) is 0.903. The molecule has 2 aliphatic rings. The van der Waals surface area contributed by atoms with Crippen molar-refractivity contribution in [1.82, 2.24) is 15.0 Å². The molecule has 1 aliphatic heterocycles. The minimum absolute atomic E-state index is 0.154. The number of hydrogen-bond donors (Lipinski definition) is 1. The van der Waals surface area contributed by atoms with Gasteiger partial charge in [-0.3, -0.25) is 4.90 Å². The van der Waals surface area contributed by atoms with Gasteiger partial charge in [0.05, 0.1) is 12.1 Å². The molecule has 3 unspecified atom stereocenters. The maximum Gasteiger partial charge on any atom is 0.243 e. The average Bonchev–Trinajstić information content (AvgIpc) is 3.16. The van der Waals surface area contributed by atoms with E-state index in [4.69, 9.17) is 4.52 Å². The summed E-state index contributed by atoms with van der Waals surface area (Å²) < 4.78 is 5.41. The highest BCUT2D eigenvalue weighted by atomic mass is 16.5. The van der Waals surface area contributed by atoms with E-state index >= 15 is 0 Å². The van der Waals surface area contributed by atoms with Gasteiger partial charge in [-0.2, -0.15) is 4.98 Å². The van der Waals surface area contributed by atoms with E-state index in [1.165, 1.54) is 12.8 Å². The predicted molar refractivity (Wildman–Crippen MR) is 70.7 cm³/mol. The fourth-order valence-electron chi connectivity index (χ4n) is 2.87. The highest BCUT2D eigenvalue weighted by Gasteiger charge is 2.32. The van der Waals surface area contributed by atoms with Gasteiger partial charge in [0.15, 0.2) is 5.82 Å². The fraction of sp³-hybridized carbons (Fsp3) is 0.857. The van der Waals surface area contributed by atoms with Crippen LogP contribution < -0.4 is 0 Å². The van der Waals surface area contributed by atoms with Gasteiger partial charge in [0, 0.05) is 12.5 Å². The Hall–Kier alpha value is -0.940. The Labute approximate surface area is 114 Å². The molecular formula is C14H23N3O2. The van der Waals surface area contributed by atoms with Crippen LogP contribution in [0.5, 0.6) is 0 Å². The second kappa shape index (κ2) is 5.21. The Kier molecular flexibility index (Phi) is 3.58. The molecule has 1 aromatic rings. The normalized spacial score (nSPS) is 28.3. The molecule has 0 aromatic carbocycles. The average molecular weight is 265 g/mol. The summed E-state index contributed by atoms with van der Waals surface area (Å²) in [6.45, 7) is 5.97. The molecule has 1 aliphatic carbocycles. The van der Waals surface area contributed by atoms with Gasteiger partial charge >= 0.3 is 0 Å². The first kappa shape index (κ1) is 13.1. The molecule has 2 heterocycles. The Bertz CT molecular complexity index is 428. The van der Waals surface area contributed by atoms with Crippen molar-refractivity contribution in [3.05, 3.63) is 11.7 Å². The molecule has 0 spiro atoms. The molecule has 5 heteroatoms. The summed E-state index contributed by atoms with van der Waals surface area (Å²) in [5.74, 6) is 2.51. The third-order valence-corrected chi connectivity index (χ3v) is 4.48. The lowest BCUT2D eigenvalue weighted by molar-refractivity contribution is 0.0403. The lowest BCUT2D eigenvalue weighted by atomic mass is 9.92. The number of piperidine rings is 1. The molecule has 19 heavy (non-hydrogen) atoms. The summed E-state index contributed by atoms with van der Waals surface area (Å²) in [6.07, 6.45) is 4.39. The lowest BCUT2D eigenvalue weighted by Crippen LogP contribution is -2.40. The van der Waals surface area contributed by atoms with Crippen molar-refractivity contribution in [2.45, 2.75) is 57.6 Å². The van der Waals surface area contributed by atoms with Gasteiger partial charge in [-0.25, -0.2) is 0 Å². The van der Waals surface area contributed by atoms with Crippen molar-refractivity contribution >= 4 is 0 Å². The summed E-state index contributed by atoms with van der Waals surface area (Å²) in [5.41, 5.74) is 0. The number of hydrogen-bond acceptors (Lipinski definition) is 5. The van der Waals surface area contributed by atoms with E-state index in [9.17, 15) is 5.11 Å². The first-order chi connectivity index (χ1) is 9.15. The molecule has 106 valence electrons. The van der Waals surface area contributed by atoms with E-state index in [0.717, 1.165) is 37.6 Å². The van der Waals surface area contributed by atoms with Crippen molar-refractivity contribution in [3.63, 3.8) is 0 Å². The minimum Gasteiger partial charge on any atom is -0.393 e. The number of aliphatic hydroxyl groups is 1. The van der Waals surface area contributed by atoms with Crippen molar-refractivity contribution in [1.29, 1.82) is 0 Å². The van der Waals surface area contributed by atoms with Crippen molar-refractivity contribution in [2.75, 3.05) is 13.1 Å². The standard InChI is InChI=1S/C14H23N3O2/c1-9(14-15-13(16-19-14)11-5-6-11)17-7-3-4-12(8-17)10(2)18/h9-12,18H,3-8H2,1-2H3. The molecule has 3 rings (SSSR count). The van der Waals surface area contributed by atoms with E-state index < -0.39 is 0 Å². The van der Waals surface area contributed by atoms with Crippen LogP contribution in [0.4, 0.5) is 0 Å². The van der Waals surface area contributed by atoms with Gasteiger partial charge in [0.25, 0.3) is 0 Å². The highest BCUT2D eigenvalue weighted by molar-refractivity contribution is 5.04. The summed E-state index contributed by atoms with van der Waals surface area (Å²) in [4.78, 5) is 6.89. The largest absolute Gasteiger partial charge is 0.393 e. The van der Waals surface area contributed by atoms with Crippen LogP contribution >= 0.6 is 0 Å². The Morgan fingerprint density at radius 1 is 1.32 bits per heavy atom. The Morgan fingerprint density at radius 2 is 2.11 bits per heavy atom. The zero-order valence-electron chi connectivity index (χ0n) is 11.7. The third-order valence-electron chi connectivity index (χ3n) is 4.48.